The third-order valence-corrected chi connectivity index (χ3v) is 5.55. The fourth-order valence-corrected chi connectivity index (χ4v) is 4.06. The van der Waals surface area contributed by atoms with Gasteiger partial charge in [-0.15, -0.1) is 0 Å². The lowest BCUT2D eigenvalue weighted by atomic mass is 10.1. The van der Waals surface area contributed by atoms with E-state index in [0.29, 0.717) is 24.3 Å². The van der Waals surface area contributed by atoms with Gasteiger partial charge in [-0.25, -0.2) is 0 Å². The van der Waals surface area contributed by atoms with E-state index in [1.54, 1.807) is 24.3 Å². The highest BCUT2D eigenvalue weighted by Crippen LogP contribution is 2.20. The molecule has 2 aromatic rings. The summed E-state index contributed by atoms with van der Waals surface area (Å²) >= 11 is 0. The fraction of sp³-hybridized carbons (Fsp3) is 0.417. The van der Waals surface area contributed by atoms with Gasteiger partial charge in [0.1, 0.15) is 24.7 Å². The van der Waals surface area contributed by atoms with Gasteiger partial charge in [-0.3, -0.25) is 9.80 Å². The van der Waals surface area contributed by atoms with Gasteiger partial charge in [0, 0.05) is 39.3 Å². The second-order valence-corrected chi connectivity index (χ2v) is 7.87. The van der Waals surface area contributed by atoms with Crippen molar-refractivity contribution in [3.8, 4) is 23.6 Å². The molecule has 2 saturated heterocycles. The molecule has 2 heterocycles. The largest absolute Gasteiger partial charge is 0.492 e. The molecule has 160 valence electrons. The number of hydrogen-bond donors (Lipinski definition) is 0. The molecule has 4 rings (SSSR count). The van der Waals surface area contributed by atoms with E-state index in [2.05, 4.69) is 21.9 Å². The van der Waals surface area contributed by atoms with Crippen LogP contribution in [-0.4, -0.2) is 74.5 Å². The molecule has 0 N–H and O–H groups in total. The highest BCUT2D eigenvalue weighted by atomic mass is 16.5. The summed E-state index contributed by atoms with van der Waals surface area (Å²) in [7, 11) is 0. The van der Waals surface area contributed by atoms with Gasteiger partial charge in [0.2, 0.25) is 0 Å². The van der Waals surface area contributed by atoms with Crippen LogP contribution in [0.3, 0.4) is 0 Å². The average Bonchev–Trinajstić information content (AvgIpc) is 2.79. The minimum absolute atomic E-state index is 0.206. The lowest BCUT2D eigenvalue weighted by Gasteiger charge is -2.45. The first-order chi connectivity index (χ1) is 15.2. The minimum Gasteiger partial charge on any atom is -0.492 e. The second kappa shape index (κ2) is 10.3. The zero-order valence-electron chi connectivity index (χ0n) is 17.4. The molecule has 0 unspecified atom stereocenters. The third-order valence-electron chi connectivity index (χ3n) is 5.55. The maximum absolute atomic E-state index is 8.86. The first kappa shape index (κ1) is 21.1. The Balaban J connectivity index is 1.16. The lowest BCUT2D eigenvalue weighted by Crippen LogP contribution is -2.60. The molecule has 2 aliphatic heterocycles. The van der Waals surface area contributed by atoms with E-state index in [0.717, 1.165) is 50.8 Å². The summed E-state index contributed by atoms with van der Waals surface area (Å²) < 4.78 is 17.8. The van der Waals surface area contributed by atoms with Crippen LogP contribution in [0, 0.1) is 22.7 Å². The number of nitrogens with zero attached hydrogens (tertiary/aromatic N) is 4. The van der Waals surface area contributed by atoms with Crippen molar-refractivity contribution in [1.82, 2.24) is 9.80 Å². The number of fused-ring (bicyclic) bond motifs is 2. The minimum atomic E-state index is 0.206. The van der Waals surface area contributed by atoms with Gasteiger partial charge in [-0.1, -0.05) is 0 Å². The smallest absolute Gasteiger partial charge is 0.119 e. The van der Waals surface area contributed by atoms with Gasteiger partial charge in [-0.2, -0.15) is 10.5 Å². The Labute approximate surface area is 183 Å². The highest BCUT2D eigenvalue weighted by Gasteiger charge is 2.34. The number of nitriles is 2. The van der Waals surface area contributed by atoms with Gasteiger partial charge < -0.3 is 14.2 Å². The molecular formula is C24H26N4O3. The summed E-state index contributed by atoms with van der Waals surface area (Å²) in [4.78, 5) is 4.82. The molecule has 7 nitrogen and oxygen atoms in total. The van der Waals surface area contributed by atoms with E-state index in [-0.39, 0.29) is 12.2 Å². The van der Waals surface area contributed by atoms with E-state index < -0.39 is 0 Å². The van der Waals surface area contributed by atoms with E-state index >= 15 is 0 Å². The van der Waals surface area contributed by atoms with Crippen LogP contribution >= 0.6 is 0 Å². The SMILES string of the molecule is N#Cc1ccc(OCCN2CC3CN(CCOc4ccc(C#N)cc4)CC(C2)O3)cc1. The molecule has 2 aromatic carbocycles. The van der Waals surface area contributed by atoms with Gasteiger partial charge in [0.05, 0.1) is 35.5 Å². The number of ether oxygens (including phenoxy) is 3. The Morgan fingerprint density at radius 1 is 0.710 bits per heavy atom. The molecule has 0 aromatic heterocycles. The van der Waals surface area contributed by atoms with Crippen LogP contribution in [0.2, 0.25) is 0 Å². The van der Waals surface area contributed by atoms with Crippen LogP contribution in [0.5, 0.6) is 11.5 Å². The van der Waals surface area contributed by atoms with E-state index in [9.17, 15) is 0 Å². The molecule has 0 amide bonds. The Morgan fingerprint density at radius 2 is 1.10 bits per heavy atom. The summed E-state index contributed by atoms with van der Waals surface area (Å²) in [5, 5.41) is 17.7. The zero-order valence-corrected chi connectivity index (χ0v) is 17.4. The Kier molecular flexibility index (Phi) is 7.01. The average molecular weight is 418 g/mol. The summed E-state index contributed by atoms with van der Waals surface area (Å²) in [6.45, 7) is 6.57. The van der Waals surface area contributed by atoms with E-state index in [1.165, 1.54) is 0 Å². The first-order valence-corrected chi connectivity index (χ1v) is 10.6. The van der Waals surface area contributed by atoms with Crippen molar-refractivity contribution in [1.29, 1.82) is 10.5 Å². The highest BCUT2D eigenvalue weighted by molar-refractivity contribution is 5.35. The molecule has 31 heavy (non-hydrogen) atoms. The summed E-state index contributed by atoms with van der Waals surface area (Å²) in [6, 6.07) is 18.7. The van der Waals surface area contributed by atoms with E-state index in [1.807, 2.05) is 24.3 Å². The molecular weight excluding hydrogens is 392 g/mol. The molecule has 2 bridgehead atoms. The number of benzene rings is 2. The summed E-state index contributed by atoms with van der Waals surface area (Å²) in [5.74, 6) is 1.58. The zero-order chi connectivity index (χ0) is 21.5. The Bertz CT molecular complexity index is 844. The molecule has 0 atom stereocenters. The molecule has 0 saturated carbocycles. The van der Waals surface area contributed by atoms with Gasteiger partial charge >= 0.3 is 0 Å². The summed E-state index contributed by atoms with van der Waals surface area (Å²) in [5.41, 5.74) is 1.28. The Hall–Kier alpha value is -3.10. The monoisotopic (exact) mass is 418 g/mol. The quantitative estimate of drug-likeness (QED) is 0.650. The van der Waals surface area contributed by atoms with E-state index in [4.69, 9.17) is 24.7 Å². The topological polar surface area (TPSA) is 81.8 Å². The molecule has 0 spiro atoms. The van der Waals surface area contributed by atoms with Crippen molar-refractivity contribution in [3.63, 3.8) is 0 Å². The standard InChI is InChI=1S/C24H26N4O3/c25-13-19-1-5-21(6-2-19)29-11-9-27-15-23-17-28(18-24(16-27)31-23)10-12-30-22-7-3-20(14-26)4-8-22/h1-8,23-24H,9-12,15-18H2. The predicted molar refractivity (Wildman–Crippen MR) is 115 cm³/mol. The molecule has 2 aliphatic rings. The number of rotatable bonds is 8. The van der Waals surface area contributed by atoms with Crippen molar-refractivity contribution < 1.29 is 14.2 Å². The van der Waals surface area contributed by atoms with Crippen molar-refractivity contribution in [3.05, 3.63) is 59.7 Å². The van der Waals surface area contributed by atoms with Crippen molar-refractivity contribution in [2.24, 2.45) is 0 Å². The molecule has 7 heteroatoms. The van der Waals surface area contributed by atoms with Gasteiger partial charge in [0.25, 0.3) is 0 Å². The second-order valence-electron chi connectivity index (χ2n) is 7.87. The number of morpholine rings is 2. The van der Waals surface area contributed by atoms with Crippen LogP contribution in [0.25, 0.3) is 0 Å². The lowest BCUT2D eigenvalue weighted by molar-refractivity contribution is -0.140. The molecule has 0 aliphatic carbocycles. The normalized spacial score (nSPS) is 21.1. The first-order valence-electron chi connectivity index (χ1n) is 10.6. The van der Waals surface area contributed by atoms with Crippen LogP contribution in [0.15, 0.2) is 48.5 Å². The molecule has 0 radical (unpaired) electrons. The van der Waals surface area contributed by atoms with Crippen LogP contribution in [-0.2, 0) is 4.74 Å². The maximum Gasteiger partial charge on any atom is 0.119 e. The third kappa shape index (κ3) is 5.96. The van der Waals surface area contributed by atoms with Crippen molar-refractivity contribution in [2.75, 3.05) is 52.5 Å². The van der Waals surface area contributed by atoms with Gasteiger partial charge in [-0.05, 0) is 48.5 Å². The number of hydrogen-bond acceptors (Lipinski definition) is 7. The van der Waals surface area contributed by atoms with Crippen LogP contribution in [0.1, 0.15) is 11.1 Å². The maximum atomic E-state index is 8.86. The summed E-state index contributed by atoms with van der Waals surface area (Å²) in [6.07, 6.45) is 0.412. The van der Waals surface area contributed by atoms with Crippen LogP contribution < -0.4 is 9.47 Å². The van der Waals surface area contributed by atoms with Crippen molar-refractivity contribution >= 4 is 0 Å². The predicted octanol–water partition coefficient (Wildman–Crippen LogP) is 2.27. The molecule has 2 fully saturated rings. The Morgan fingerprint density at radius 3 is 1.45 bits per heavy atom. The fourth-order valence-electron chi connectivity index (χ4n) is 4.06. The van der Waals surface area contributed by atoms with Crippen molar-refractivity contribution in [2.45, 2.75) is 12.2 Å². The van der Waals surface area contributed by atoms with Gasteiger partial charge in [0.15, 0.2) is 0 Å². The van der Waals surface area contributed by atoms with Crippen LogP contribution in [0.4, 0.5) is 0 Å².